The van der Waals surface area contributed by atoms with Gasteiger partial charge in [0.25, 0.3) is 11.8 Å². The van der Waals surface area contributed by atoms with Crippen LogP contribution in [-0.2, 0) is 16.1 Å². The molecule has 0 fully saturated rings. The molecular weight excluding hydrogens is 362 g/mol. The molecule has 2 aromatic rings. The van der Waals surface area contributed by atoms with Crippen LogP contribution in [0.1, 0.15) is 18.7 Å². The zero-order valence-electron chi connectivity index (χ0n) is 16.2. The average molecular weight is 391 g/mol. The van der Waals surface area contributed by atoms with Gasteiger partial charge in [-0.2, -0.15) is 0 Å². The summed E-state index contributed by atoms with van der Waals surface area (Å²) in [5, 5.41) is 4.89. The maximum absolute atomic E-state index is 12.6. The van der Waals surface area contributed by atoms with Crippen molar-refractivity contribution in [3.8, 4) is 5.75 Å². The predicted molar refractivity (Wildman–Crippen MR) is 108 cm³/mol. The smallest absolute Gasteiger partial charge is 0.279 e. The van der Waals surface area contributed by atoms with Gasteiger partial charge >= 0.3 is 0 Å². The van der Waals surface area contributed by atoms with Gasteiger partial charge in [-0.3, -0.25) is 9.59 Å². The van der Waals surface area contributed by atoms with Crippen molar-refractivity contribution >= 4 is 28.8 Å². The highest BCUT2D eigenvalue weighted by molar-refractivity contribution is 7.09. The van der Waals surface area contributed by atoms with Crippen molar-refractivity contribution in [1.82, 2.24) is 4.90 Å². The topological polar surface area (TPSA) is 63.1 Å². The summed E-state index contributed by atoms with van der Waals surface area (Å²) >= 11 is 1.65. The monoisotopic (exact) mass is 390 g/mol. The number of nitrogens with zero attached hydrogens (tertiary/aromatic N) is 1. The number of quaternary nitrogens is 1. The summed E-state index contributed by atoms with van der Waals surface area (Å²) in [5.41, 5.74) is 0.718. The number of rotatable bonds is 10. The molecule has 1 atom stereocenters. The van der Waals surface area contributed by atoms with Crippen molar-refractivity contribution < 1.29 is 19.2 Å². The Morgan fingerprint density at radius 1 is 1.15 bits per heavy atom. The van der Waals surface area contributed by atoms with Gasteiger partial charge < -0.3 is 19.9 Å². The molecule has 146 valence electrons. The molecule has 1 aromatic heterocycles. The Hall–Kier alpha value is -2.38. The summed E-state index contributed by atoms with van der Waals surface area (Å²) in [6.07, 6.45) is 0. The van der Waals surface area contributed by atoms with E-state index in [1.54, 1.807) is 42.7 Å². The number of likely N-dealkylation sites (N-methyl/N-ethyl adjacent to an activating group) is 2. The minimum atomic E-state index is -0.105. The molecule has 2 amide bonds. The maximum atomic E-state index is 12.6. The number of hydrogen-bond donors (Lipinski definition) is 2. The molecule has 0 aliphatic rings. The van der Waals surface area contributed by atoms with Crippen LogP contribution in [0.2, 0.25) is 0 Å². The van der Waals surface area contributed by atoms with Crippen LogP contribution >= 0.6 is 11.3 Å². The van der Waals surface area contributed by atoms with E-state index in [9.17, 15) is 9.59 Å². The molecular formula is C20H28N3O3S+. The molecule has 1 heterocycles. The highest BCUT2D eigenvalue weighted by atomic mass is 32.1. The van der Waals surface area contributed by atoms with Gasteiger partial charge in [0.15, 0.2) is 13.1 Å². The number of amides is 2. The predicted octanol–water partition coefficient (Wildman–Crippen LogP) is 1.65. The third-order valence-corrected chi connectivity index (χ3v) is 5.21. The van der Waals surface area contributed by atoms with Crippen LogP contribution in [-0.4, -0.2) is 50.0 Å². The summed E-state index contributed by atoms with van der Waals surface area (Å²) < 4.78 is 5.11. The van der Waals surface area contributed by atoms with E-state index in [0.29, 0.717) is 26.2 Å². The largest absolute Gasteiger partial charge is 0.497 e. The Labute approximate surface area is 164 Å². The fourth-order valence-electron chi connectivity index (χ4n) is 2.71. The van der Waals surface area contributed by atoms with Crippen LogP contribution in [0.25, 0.3) is 0 Å². The molecule has 0 radical (unpaired) electrons. The van der Waals surface area contributed by atoms with Gasteiger partial charge in [-0.25, -0.2) is 0 Å². The number of nitrogens with one attached hydrogen (secondary N) is 2. The summed E-state index contributed by atoms with van der Waals surface area (Å²) in [5.74, 6) is 0.705. The highest BCUT2D eigenvalue weighted by Crippen LogP contribution is 2.14. The first kappa shape index (κ1) is 20.9. The van der Waals surface area contributed by atoms with Gasteiger partial charge in [0, 0.05) is 17.1 Å². The number of hydrogen-bond acceptors (Lipinski definition) is 4. The van der Waals surface area contributed by atoms with Crippen LogP contribution in [0.3, 0.4) is 0 Å². The molecule has 0 aliphatic heterocycles. The Kier molecular flexibility index (Phi) is 8.29. The van der Waals surface area contributed by atoms with E-state index < -0.39 is 0 Å². The lowest BCUT2D eigenvalue weighted by molar-refractivity contribution is -0.882. The van der Waals surface area contributed by atoms with Crippen molar-refractivity contribution in [2.75, 3.05) is 38.6 Å². The van der Waals surface area contributed by atoms with Crippen molar-refractivity contribution in [2.45, 2.75) is 20.4 Å². The lowest BCUT2D eigenvalue weighted by Crippen LogP contribution is -3.13. The number of carbonyl (C=O) groups excluding carboxylic acids is 2. The molecule has 0 saturated carbocycles. The first-order chi connectivity index (χ1) is 13.0. The molecule has 6 nitrogen and oxygen atoms in total. The average Bonchev–Trinajstić information content (AvgIpc) is 3.19. The number of anilines is 1. The first-order valence-electron chi connectivity index (χ1n) is 9.13. The van der Waals surface area contributed by atoms with Gasteiger partial charge in [-0.05, 0) is 49.6 Å². The fraction of sp³-hybridized carbons (Fsp3) is 0.400. The number of carbonyl (C=O) groups is 2. The Morgan fingerprint density at radius 2 is 1.89 bits per heavy atom. The summed E-state index contributed by atoms with van der Waals surface area (Å²) in [6.45, 7) is 6.52. The lowest BCUT2D eigenvalue weighted by atomic mass is 10.3. The van der Waals surface area contributed by atoms with Gasteiger partial charge in [0.05, 0.1) is 20.2 Å². The van der Waals surface area contributed by atoms with Crippen LogP contribution in [0.15, 0.2) is 41.8 Å². The Morgan fingerprint density at radius 3 is 2.44 bits per heavy atom. The SMILES string of the molecule is CCN(Cc1cccs1)C(=O)C[NH+](CC)CC(=O)Nc1ccc(OC)cc1. The van der Waals surface area contributed by atoms with E-state index >= 15 is 0 Å². The van der Waals surface area contributed by atoms with E-state index in [0.717, 1.165) is 16.3 Å². The fourth-order valence-corrected chi connectivity index (χ4v) is 3.43. The molecule has 2 rings (SSSR count). The second-order valence-electron chi connectivity index (χ2n) is 6.22. The minimum absolute atomic E-state index is 0.0694. The van der Waals surface area contributed by atoms with Gasteiger partial charge in [0.2, 0.25) is 0 Å². The quantitative estimate of drug-likeness (QED) is 0.648. The third kappa shape index (κ3) is 6.69. The Bertz CT molecular complexity index is 717. The van der Waals surface area contributed by atoms with E-state index in [1.807, 2.05) is 36.3 Å². The Balaban J connectivity index is 1.87. The molecule has 0 saturated heterocycles. The second kappa shape index (κ2) is 10.7. The zero-order chi connectivity index (χ0) is 19.6. The number of ether oxygens (including phenoxy) is 1. The molecule has 1 aromatic carbocycles. The summed E-state index contributed by atoms with van der Waals surface area (Å²) in [4.78, 5) is 28.9. The summed E-state index contributed by atoms with van der Waals surface area (Å²) in [6, 6.07) is 11.2. The standard InChI is InChI=1S/C20H27N3O3S/c1-4-22(14-19(24)21-16-8-10-17(26-3)11-9-16)15-20(25)23(5-2)13-18-7-6-12-27-18/h6-12H,4-5,13-15H2,1-3H3,(H,21,24)/p+1. The van der Waals surface area contributed by atoms with Crippen molar-refractivity contribution in [3.05, 3.63) is 46.7 Å². The molecule has 0 spiro atoms. The molecule has 2 N–H and O–H groups in total. The van der Waals surface area contributed by atoms with Crippen LogP contribution in [0.4, 0.5) is 5.69 Å². The zero-order valence-corrected chi connectivity index (χ0v) is 17.0. The molecule has 27 heavy (non-hydrogen) atoms. The second-order valence-corrected chi connectivity index (χ2v) is 7.25. The summed E-state index contributed by atoms with van der Waals surface area (Å²) in [7, 11) is 1.60. The van der Waals surface area contributed by atoms with Gasteiger partial charge in [0.1, 0.15) is 5.75 Å². The maximum Gasteiger partial charge on any atom is 0.279 e. The van der Waals surface area contributed by atoms with E-state index in [4.69, 9.17) is 4.74 Å². The lowest BCUT2D eigenvalue weighted by Gasteiger charge is -2.23. The van der Waals surface area contributed by atoms with Crippen LogP contribution in [0.5, 0.6) is 5.75 Å². The number of methoxy groups -OCH3 is 1. The molecule has 7 heteroatoms. The van der Waals surface area contributed by atoms with E-state index in [-0.39, 0.29) is 18.4 Å². The molecule has 0 bridgehead atoms. The number of benzene rings is 1. The van der Waals surface area contributed by atoms with E-state index in [2.05, 4.69) is 5.32 Å². The number of thiophene rings is 1. The van der Waals surface area contributed by atoms with Gasteiger partial charge in [-0.15, -0.1) is 11.3 Å². The van der Waals surface area contributed by atoms with Crippen molar-refractivity contribution in [2.24, 2.45) is 0 Å². The normalized spacial score (nSPS) is 11.7. The van der Waals surface area contributed by atoms with Crippen molar-refractivity contribution in [1.29, 1.82) is 0 Å². The van der Waals surface area contributed by atoms with Crippen LogP contribution in [0, 0.1) is 0 Å². The third-order valence-electron chi connectivity index (χ3n) is 4.35. The van der Waals surface area contributed by atoms with Gasteiger partial charge in [-0.1, -0.05) is 6.07 Å². The first-order valence-corrected chi connectivity index (χ1v) is 10.0. The minimum Gasteiger partial charge on any atom is -0.497 e. The van der Waals surface area contributed by atoms with E-state index in [1.165, 1.54) is 4.88 Å². The highest BCUT2D eigenvalue weighted by Gasteiger charge is 2.21. The molecule has 0 aliphatic carbocycles. The molecule has 1 unspecified atom stereocenters. The van der Waals surface area contributed by atoms with Crippen LogP contribution < -0.4 is 15.0 Å². The van der Waals surface area contributed by atoms with Crippen molar-refractivity contribution in [3.63, 3.8) is 0 Å².